The maximum absolute atomic E-state index is 14.9. The number of rotatable bonds is 3. The summed E-state index contributed by atoms with van der Waals surface area (Å²) in [6, 6.07) is 0. The van der Waals surface area contributed by atoms with Gasteiger partial charge in [0.2, 0.25) is 0 Å². The standard InChI is InChI=1S/C14H20FNO2/c1-12-9-3-2-7-11(12)8(4-14(9,12)15)13(7,6-16)5-10(17)18/h7-9,11H,2-6,16H2,1H3,(H,17,18)/t7?,8?,9-,11-,12?,13-,14-/m0/s1. The second-order valence-corrected chi connectivity index (χ2v) is 7.23. The Kier molecular flexibility index (Phi) is 1.72. The van der Waals surface area contributed by atoms with Gasteiger partial charge in [0.1, 0.15) is 5.67 Å². The Morgan fingerprint density at radius 2 is 2.17 bits per heavy atom. The number of carbonyl (C=O) groups is 1. The molecule has 0 aromatic heterocycles. The third kappa shape index (κ3) is 0.814. The molecule has 7 atom stereocenters. The van der Waals surface area contributed by atoms with Gasteiger partial charge in [-0.1, -0.05) is 6.92 Å². The van der Waals surface area contributed by atoms with Crippen LogP contribution >= 0.6 is 0 Å². The summed E-state index contributed by atoms with van der Waals surface area (Å²) in [5.41, 5.74) is 4.47. The number of carboxylic acids is 1. The molecule has 3 N–H and O–H groups in total. The Morgan fingerprint density at radius 3 is 2.78 bits per heavy atom. The summed E-state index contributed by atoms with van der Waals surface area (Å²) in [6.07, 6.45) is 2.62. The largest absolute Gasteiger partial charge is 0.481 e. The van der Waals surface area contributed by atoms with Crippen LogP contribution < -0.4 is 5.73 Å². The van der Waals surface area contributed by atoms with Crippen LogP contribution in [0.4, 0.5) is 4.39 Å². The first-order valence-electron chi connectivity index (χ1n) is 7.02. The van der Waals surface area contributed by atoms with Crippen LogP contribution in [0.25, 0.3) is 0 Å². The fourth-order valence-electron chi connectivity index (χ4n) is 6.54. The molecule has 18 heavy (non-hydrogen) atoms. The van der Waals surface area contributed by atoms with E-state index in [9.17, 15) is 9.18 Å². The number of hydrogen-bond donors (Lipinski definition) is 2. The average Bonchev–Trinajstić information content (AvgIpc) is 2.64. The number of alkyl halides is 1. The van der Waals surface area contributed by atoms with E-state index >= 15 is 0 Å². The zero-order chi connectivity index (χ0) is 12.9. The van der Waals surface area contributed by atoms with Crippen LogP contribution in [0.1, 0.15) is 32.6 Å². The summed E-state index contributed by atoms with van der Waals surface area (Å²) in [6.45, 7) is 2.50. The maximum atomic E-state index is 14.9. The highest BCUT2D eigenvalue weighted by Gasteiger charge is 2.90. The summed E-state index contributed by atoms with van der Waals surface area (Å²) in [4.78, 5) is 11.1. The summed E-state index contributed by atoms with van der Waals surface area (Å²) in [5.74, 6) is 0.451. The highest BCUT2D eigenvalue weighted by atomic mass is 19.1. The van der Waals surface area contributed by atoms with E-state index in [0.29, 0.717) is 24.8 Å². The number of hydrogen-bond acceptors (Lipinski definition) is 2. The Morgan fingerprint density at radius 1 is 1.44 bits per heavy atom. The van der Waals surface area contributed by atoms with Crippen molar-refractivity contribution in [2.75, 3.05) is 6.54 Å². The Bertz CT molecular complexity index is 447. The minimum absolute atomic E-state index is 0.131. The molecule has 4 heteroatoms. The summed E-state index contributed by atoms with van der Waals surface area (Å²) < 4.78 is 14.9. The van der Waals surface area contributed by atoms with Gasteiger partial charge in [-0.05, 0) is 49.0 Å². The van der Waals surface area contributed by atoms with Crippen LogP contribution in [-0.2, 0) is 4.79 Å². The SMILES string of the molecule is CC12[C@H]3C4CC[C@@H]1[C@@]2(F)CC3[C@]4(CN)CC(=O)O. The van der Waals surface area contributed by atoms with Gasteiger partial charge in [-0.15, -0.1) is 0 Å². The molecule has 0 amide bonds. The first-order chi connectivity index (χ1) is 8.42. The van der Waals surface area contributed by atoms with Crippen LogP contribution in [0.2, 0.25) is 0 Å². The molecule has 0 bridgehead atoms. The molecule has 4 fully saturated rings. The third-order valence-corrected chi connectivity index (χ3v) is 7.27. The Balaban J connectivity index is 1.74. The molecule has 3 nitrogen and oxygen atoms in total. The number of halogens is 1. The molecule has 4 saturated carbocycles. The number of nitrogens with two attached hydrogens (primary N) is 1. The van der Waals surface area contributed by atoms with Gasteiger partial charge >= 0.3 is 5.97 Å². The van der Waals surface area contributed by atoms with E-state index in [1.54, 1.807) is 0 Å². The highest BCUT2D eigenvalue weighted by Crippen LogP contribution is 2.89. The molecule has 0 saturated heterocycles. The zero-order valence-corrected chi connectivity index (χ0v) is 10.7. The van der Waals surface area contributed by atoms with Crippen LogP contribution in [0.5, 0.6) is 0 Å². The summed E-state index contributed by atoms with van der Waals surface area (Å²) in [7, 11) is 0. The molecule has 100 valence electrons. The second kappa shape index (κ2) is 2.77. The molecular formula is C14H20FNO2. The molecule has 3 unspecified atom stereocenters. The first kappa shape index (κ1) is 11.2. The van der Waals surface area contributed by atoms with Crippen molar-refractivity contribution in [3.8, 4) is 0 Å². The lowest BCUT2D eigenvalue weighted by atomic mass is 9.40. The van der Waals surface area contributed by atoms with Crippen molar-refractivity contribution in [1.82, 2.24) is 0 Å². The summed E-state index contributed by atoms with van der Waals surface area (Å²) >= 11 is 0. The van der Waals surface area contributed by atoms with E-state index in [2.05, 4.69) is 6.92 Å². The first-order valence-corrected chi connectivity index (χ1v) is 7.02. The van der Waals surface area contributed by atoms with Crippen molar-refractivity contribution in [2.45, 2.75) is 38.3 Å². The average molecular weight is 253 g/mol. The van der Waals surface area contributed by atoms with Crippen molar-refractivity contribution in [3.63, 3.8) is 0 Å². The quantitative estimate of drug-likeness (QED) is 0.806. The van der Waals surface area contributed by atoms with Gasteiger partial charge in [0, 0.05) is 11.3 Å². The fraction of sp³-hybridized carbons (Fsp3) is 0.929. The van der Waals surface area contributed by atoms with Crippen LogP contribution in [0, 0.1) is 34.5 Å². The molecule has 4 aliphatic rings. The van der Waals surface area contributed by atoms with Crippen molar-refractivity contribution in [2.24, 2.45) is 40.2 Å². The third-order valence-electron chi connectivity index (χ3n) is 7.27. The lowest BCUT2D eigenvalue weighted by Crippen LogP contribution is -2.63. The normalized spacial score (nSPS) is 63.1. The van der Waals surface area contributed by atoms with Gasteiger partial charge in [-0.3, -0.25) is 4.79 Å². The molecule has 0 aromatic rings. The van der Waals surface area contributed by atoms with Crippen molar-refractivity contribution < 1.29 is 14.3 Å². The second-order valence-electron chi connectivity index (χ2n) is 7.23. The van der Waals surface area contributed by atoms with Crippen molar-refractivity contribution in [1.29, 1.82) is 0 Å². The molecular weight excluding hydrogens is 233 g/mol. The van der Waals surface area contributed by atoms with Crippen LogP contribution in [0.15, 0.2) is 0 Å². The number of fused-ring (bicyclic) bond motifs is 1. The minimum Gasteiger partial charge on any atom is -0.481 e. The van der Waals surface area contributed by atoms with Crippen LogP contribution in [0.3, 0.4) is 0 Å². The predicted molar refractivity (Wildman–Crippen MR) is 63.5 cm³/mol. The number of carboxylic acid groups (broad SMARTS) is 1. The number of aliphatic carboxylic acids is 1. The van der Waals surface area contributed by atoms with E-state index in [1.165, 1.54) is 0 Å². The highest BCUT2D eigenvalue weighted by molar-refractivity contribution is 5.68. The van der Waals surface area contributed by atoms with E-state index in [-0.39, 0.29) is 29.1 Å². The lowest BCUT2D eigenvalue weighted by molar-refractivity contribution is -0.177. The molecule has 4 rings (SSSR count). The van der Waals surface area contributed by atoms with Gasteiger partial charge < -0.3 is 10.8 Å². The lowest BCUT2D eigenvalue weighted by Gasteiger charge is -2.63. The monoisotopic (exact) mass is 253 g/mol. The van der Waals surface area contributed by atoms with E-state index in [1.807, 2.05) is 0 Å². The van der Waals surface area contributed by atoms with Gasteiger partial charge in [0.25, 0.3) is 0 Å². The van der Waals surface area contributed by atoms with Crippen molar-refractivity contribution in [3.05, 3.63) is 0 Å². The molecule has 0 aliphatic heterocycles. The Labute approximate surface area is 106 Å². The maximum Gasteiger partial charge on any atom is 0.303 e. The molecule has 0 aromatic carbocycles. The van der Waals surface area contributed by atoms with E-state index in [4.69, 9.17) is 10.8 Å². The Hall–Kier alpha value is -0.640. The minimum atomic E-state index is -0.994. The fourth-order valence-corrected chi connectivity index (χ4v) is 6.54. The zero-order valence-electron chi connectivity index (χ0n) is 10.7. The van der Waals surface area contributed by atoms with Crippen molar-refractivity contribution >= 4 is 5.97 Å². The van der Waals surface area contributed by atoms with Gasteiger partial charge in [0.05, 0.1) is 6.42 Å². The molecule has 0 heterocycles. The van der Waals surface area contributed by atoms with Gasteiger partial charge in [0.15, 0.2) is 0 Å². The van der Waals surface area contributed by atoms with Gasteiger partial charge in [-0.25, -0.2) is 4.39 Å². The van der Waals surface area contributed by atoms with E-state index < -0.39 is 11.6 Å². The van der Waals surface area contributed by atoms with E-state index in [0.717, 1.165) is 12.8 Å². The van der Waals surface area contributed by atoms with Crippen LogP contribution in [-0.4, -0.2) is 23.3 Å². The molecule has 0 radical (unpaired) electrons. The smallest absolute Gasteiger partial charge is 0.303 e. The topological polar surface area (TPSA) is 63.3 Å². The predicted octanol–water partition coefficient (Wildman–Crippen LogP) is 1.81. The summed E-state index contributed by atoms with van der Waals surface area (Å²) in [5, 5.41) is 9.15. The molecule has 4 aliphatic carbocycles. The van der Waals surface area contributed by atoms with Gasteiger partial charge in [-0.2, -0.15) is 0 Å². The molecule has 0 spiro atoms.